The summed E-state index contributed by atoms with van der Waals surface area (Å²) in [6.45, 7) is 0. The predicted octanol–water partition coefficient (Wildman–Crippen LogP) is 3.71. The third-order valence-electron chi connectivity index (χ3n) is 4.33. The maximum Gasteiger partial charge on any atom is 0.174 e. The van der Waals surface area contributed by atoms with Crippen molar-refractivity contribution in [3.63, 3.8) is 0 Å². The summed E-state index contributed by atoms with van der Waals surface area (Å²) in [5, 5.41) is 12.4. The molecule has 1 unspecified atom stereocenters. The standard InChI is InChI=1S/C21H21O4P/c1-24-19-14-13-16(15-20(19)25-2)21(22)26(23,17-9-5-3-6-10-17)18-11-7-4-8-12-18/h3-15,21-22H,1-2H3. The highest BCUT2D eigenvalue weighted by atomic mass is 31.2. The van der Waals surface area contributed by atoms with Gasteiger partial charge in [-0.1, -0.05) is 66.7 Å². The number of methoxy groups -OCH3 is 2. The first-order chi connectivity index (χ1) is 12.6. The van der Waals surface area contributed by atoms with Gasteiger partial charge in [-0.25, -0.2) is 0 Å². The van der Waals surface area contributed by atoms with Crippen LogP contribution in [-0.2, 0) is 4.57 Å². The molecule has 0 bridgehead atoms. The fourth-order valence-corrected chi connectivity index (χ4v) is 5.63. The zero-order valence-corrected chi connectivity index (χ0v) is 15.6. The molecular formula is C21H21O4P. The van der Waals surface area contributed by atoms with E-state index in [0.717, 1.165) is 0 Å². The quantitative estimate of drug-likeness (QED) is 0.674. The van der Waals surface area contributed by atoms with E-state index in [0.29, 0.717) is 27.7 Å². The summed E-state index contributed by atoms with van der Waals surface area (Å²) in [5.74, 6) is -0.165. The van der Waals surface area contributed by atoms with E-state index in [4.69, 9.17) is 9.47 Å². The molecule has 0 fully saturated rings. The van der Waals surface area contributed by atoms with Crippen LogP contribution in [0.5, 0.6) is 11.5 Å². The molecule has 0 aliphatic rings. The molecule has 1 atom stereocenters. The molecule has 0 aliphatic heterocycles. The van der Waals surface area contributed by atoms with Gasteiger partial charge in [0.05, 0.1) is 14.2 Å². The van der Waals surface area contributed by atoms with Crippen molar-refractivity contribution in [3.8, 4) is 11.5 Å². The second-order valence-electron chi connectivity index (χ2n) is 5.82. The van der Waals surface area contributed by atoms with Crippen molar-refractivity contribution in [3.05, 3.63) is 84.4 Å². The van der Waals surface area contributed by atoms with Crippen LogP contribution < -0.4 is 20.1 Å². The van der Waals surface area contributed by atoms with Crippen LogP contribution in [0.4, 0.5) is 0 Å². The molecule has 0 heterocycles. The van der Waals surface area contributed by atoms with Gasteiger partial charge < -0.3 is 19.1 Å². The van der Waals surface area contributed by atoms with Gasteiger partial charge in [0.25, 0.3) is 0 Å². The van der Waals surface area contributed by atoms with Crippen molar-refractivity contribution in [1.29, 1.82) is 0 Å². The third-order valence-corrected chi connectivity index (χ3v) is 7.45. The normalized spacial score (nSPS) is 12.4. The average Bonchev–Trinajstić information content (AvgIpc) is 2.73. The molecule has 5 heteroatoms. The van der Waals surface area contributed by atoms with Gasteiger partial charge in [0, 0.05) is 10.6 Å². The van der Waals surface area contributed by atoms with E-state index in [-0.39, 0.29) is 0 Å². The first-order valence-corrected chi connectivity index (χ1v) is 9.99. The van der Waals surface area contributed by atoms with Crippen molar-refractivity contribution in [2.24, 2.45) is 0 Å². The number of ether oxygens (including phenoxy) is 2. The molecule has 3 aromatic rings. The molecular weight excluding hydrogens is 347 g/mol. The summed E-state index contributed by atoms with van der Waals surface area (Å²) < 4.78 is 24.7. The van der Waals surface area contributed by atoms with Crippen molar-refractivity contribution >= 4 is 17.8 Å². The second kappa shape index (κ2) is 7.77. The Hall–Kier alpha value is -2.55. The first kappa shape index (κ1) is 18.2. The lowest BCUT2D eigenvalue weighted by Crippen LogP contribution is -2.21. The molecule has 0 radical (unpaired) electrons. The van der Waals surface area contributed by atoms with Gasteiger partial charge in [0.2, 0.25) is 0 Å². The number of benzene rings is 3. The lowest BCUT2D eigenvalue weighted by Gasteiger charge is -2.25. The highest BCUT2D eigenvalue weighted by Crippen LogP contribution is 2.56. The van der Waals surface area contributed by atoms with Crippen molar-refractivity contribution in [2.45, 2.75) is 5.85 Å². The predicted molar refractivity (Wildman–Crippen MR) is 104 cm³/mol. The Kier molecular flexibility index (Phi) is 5.46. The number of hydrogen-bond acceptors (Lipinski definition) is 4. The molecule has 0 amide bonds. The van der Waals surface area contributed by atoms with Crippen LogP contribution in [-0.4, -0.2) is 19.3 Å². The molecule has 134 valence electrons. The summed E-state index contributed by atoms with van der Waals surface area (Å²) >= 11 is 0. The Morgan fingerprint density at radius 2 is 1.27 bits per heavy atom. The largest absolute Gasteiger partial charge is 0.493 e. The van der Waals surface area contributed by atoms with Crippen LogP contribution in [0.25, 0.3) is 0 Å². The van der Waals surface area contributed by atoms with Gasteiger partial charge >= 0.3 is 0 Å². The van der Waals surface area contributed by atoms with E-state index < -0.39 is 13.0 Å². The van der Waals surface area contributed by atoms with Gasteiger partial charge in [0.1, 0.15) is 5.85 Å². The summed E-state index contributed by atoms with van der Waals surface area (Å²) in [5.41, 5.74) is 0.513. The van der Waals surface area contributed by atoms with Gasteiger partial charge in [-0.15, -0.1) is 0 Å². The molecule has 3 aromatic carbocycles. The Labute approximate surface area is 153 Å². The zero-order chi connectivity index (χ0) is 18.6. The van der Waals surface area contributed by atoms with E-state index in [1.165, 1.54) is 7.11 Å². The molecule has 26 heavy (non-hydrogen) atoms. The fraction of sp³-hybridized carbons (Fsp3) is 0.143. The topological polar surface area (TPSA) is 55.8 Å². The number of aliphatic hydroxyl groups is 1. The maximum atomic E-state index is 14.1. The fourth-order valence-electron chi connectivity index (χ4n) is 2.95. The summed E-state index contributed by atoms with van der Waals surface area (Å²) in [7, 11) is -0.254. The van der Waals surface area contributed by atoms with E-state index >= 15 is 0 Å². The number of hydrogen-bond donors (Lipinski definition) is 1. The van der Waals surface area contributed by atoms with Crippen molar-refractivity contribution < 1.29 is 19.1 Å². The van der Waals surface area contributed by atoms with Crippen LogP contribution in [0.3, 0.4) is 0 Å². The van der Waals surface area contributed by atoms with E-state index in [2.05, 4.69) is 0 Å². The van der Waals surface area contributed by atoms with Crippen LogP contribution >= 0.6 is 7.14 Å². The van der Waals surface area contributed by atoms with Crippen LogP contribution in [0.1, 0.15) is 11.4 Å². The van der Waals surface area contributed by atoms with Gasteiger partial charge in [-0.3, -0.25) is 0 Å². The Balaban J connectivity index is 2.16. The molecule has 0 saturated carbocycles. The molecule has 0 saturated heterocycles. The van der Waals surface area contributed by atoms with E-state index in [9.17, 15) is 9.67 Å². The Bertz CT molecular complexity index is 866. The molecule has 0 aromatic heterocycles. The van der Waals surface area contributed by atoms with E-state index in [1.54, 1.807) is 49.6 Å². The molecule has 0 aliphatic carbocycles. The molecule has 1 N–H and O–H groups in total. The van der Waals surface area contributed by atoms with Crippen molar-refractivity contribution in [1.82, 2.24) is 0 Å². The minimum atomic E-state index is -3.33. The highest BCUT2D eigenvalue weighted by molar-refractivity contribution is 7.78. The SMILES string of the molecule is COc1ccc(C(O)P(=O)(c2ccccc2)c2ccccc2)cc1OC. The summed E-state index contributed by atoms with van der Waals surface area (Å²) in [6.07, 6.45) is 0. The van der Waals surface area contributed by atoms with Gasteiger partial charge in [-0.05, 0) is 17.7 Å². The maximum absolute atomic E-state index is 14.1. The van der Waals surface area contributed by atoms with Gasteiger partial charge in [0.15, 0.2) is 18.6 Å². The minimum absolute atomic E-state index is 0.483. The highest BCUT2D eigenvalue weighted by Gasteiger charge is 2.36. The average molecular weight is 368 g/mol. The summed E-state index contributed by atoms with van der Waals surface area (Å²) in [6, 6.07) is 23.3. The van der Waals surface area contributed by atoms with Crippen LogP contribution in [0.2, 0.25) is 0 Å². The number of aliphatic hydroxyl groups excluding tert-OH is 1. The monoisotopic (exact) mass is 368 g/mol. The Morgan fingerprint density at radius 1 is 0.769 bits per heavy atom. The van der Waals surface area contributed by atoms with Crippen LogP contribution in [0, 0.1) is 0 Å². The lowest BCUT2D eigenvalue weighted by molar-refractivity contribution is 0.255. The minimum Gasteiger partial charge on any atom is -0.493 e. The zero-order valence-electron chi connectivity index (χ0n) is 14.7. The second-order valence-corrected chi connectivity index (χ2v) is 8.66. The molecule has 4 nitrogen and oxygen atoms in total. The first-order valence-electron chi connectivity index (χ1n) is 8.22. The lowest BCUT2D eigenvalue weighted by atomic mass is 10.2. The Morgan fingerprint density at radius 3 is 1.73 bits per heavy atom. The smallest absolute Gasteiger partial charge is 0.174 e. The molecule has 3 rings (SSSR count). The molecule has 0 spiro atoms. The third kappa shape index (κ3) is 3.26. The van der Waals surface area contributed by atoms with Crippen molar-refractivity contribution in [2.75, 3.05) is 14.2 Å². The van der Waals surface area contributed by atoms with Gasteiger partial charge in [-0.2, -0.15) is 0 Å². The van der Waals surface area contributed by atoms with E-state index in [1.807, 2.05) is 36.4 Å². The van der Waals surface area contributed by atoms with Crippen LogP contribution in [0.15, 0.2) is 78.9 Å². The summed E-state index contributed by atoms with van der Waals surface area (Å²) in [4.78, 5) is 0. The number of rotatable bonds is 6.